The van der Waals surface area contributed by atoms with Crippen LogP contribution in [-0.4, -0.2) is 21.4 Å². The summed E-state index contributed by atoms with van der Waals surface area (Å²) in [6.07, 6.45) is -4.46. The van der Waals surface area contributed by atoms with Crippen molar-refractivity contribution in [3.63, 3.8) is 0 Å². The summed E-state index contributed by atoms with van der Waals surface area (Å²) in [4.78, 5) is 12.3. The van der Waals surface area contributed by atoms with E-state index in [-0.39, 0.29) is 16.1 Å². The van der Waals surface area contributed by atoms with E-state index < -0.39 is 27.7 Å². The number of nitrogens with zero attached hydrogens (tertiary/aromatic N) is 1. The monoisotopic (exact) mass is 434 g/mol. The minimum atomic E-state index is -4.46. The van der Waals surface area contributed by atoms with Crippen LogP contribution in [0.4, 0.5) is 24.5 Å². The molecular weight excluding hydrogens is 417 g/mol. The summed E-state index contributed by atoms with van der Waals surface area (Å²) in [6, 6.07) is 17.8. The van der Waals surface area contributed by atoms with Crippen LogP contribution in [0.25, 0.3) is 0 Å². The van der Waals surface area contributed by atoms with Crippen LogP contribution >= 0.6 is 0 Å². The summed E-state index contributed by atoms with van der Waals surface area (Å²) in [5, 5.41) is 2.48. The number of hydrogen-bond acceptors (Lipinski definition) is 3. The molecule has 0 radical (unpaired) electrons. The van der Waals surface area contributed by atoms with Gasteiger partial charge in [0.2, 0.25) is 0 Å². The molecule has 9 heteroatoms. The van der Waals surface area contributed by atoms with Crippen molar-refractivity contribution in [3.05, 3.63) is 90.0 Å². The van der Waals surface area contributed by atoms with E-state index in [2.05, 4.69) is 5.32 Å². The summed E-state index contributed by atoms with van der Waals surface area (Å²) >= 11 is 0. The molecule has 0 saturated heterocycles. The average molecular weight is 434 g/mol. The lowest BCUT2D eigenvalue weighted by Gasteiger charge is -2.19. The Morgan fingerprint density at radius 3 is 1.97 bits per heavy atom. The predicted molar refractivity (Wildman–Crippen MR) is 108 cm³/mol. The van der Waals surface area contributed by atoms with E-state index in [1.165, 1.54) is 31.3 Å². The molecule has 156 valence electrons. The summed E-state index contributed by atoms with van der Waals surface area (Å²) in [7, 11) is -2.39. The highest BCUT2D eigenvalue weighted by atomic mass is 32.2. The second-order valence-electron chi connectivity index (χ2n) is 6.36. The molecule has 0 saturated carbocycles. The van der Waals surface area contributed by atoms with Gasteiger partial charge in [0.15, 0.2) is 0 Å². The molecule has 0 spiro atoms. The quantitative estimate of drug-likeness (QED) is 0.628. The van der Waals surface area contributed by atoms with E-state index in [1.54, 1.807) is 30.3 Å². The molecule has 0 bridgehead atoms. The van der Waals surface area contributed by atoms with Crippen molar-refractivity contribution in [1.29, 1.82) is 0 Å². The lowest BCUT2D eigenvalue weighted by atomic mass is 10.2. The van der Waals surface area contributed by atoms with Gasteiger partial charge in [-0.25, -0.2) is 8.42 Å². The lowest BCUT2D eigenvalue weighted by molar-refractivity contribution is -0.137. The number of hydrogen-bond donors (Lipinski definition) is 1. The maximum Gasteiger partial charge on any atom is 0.416 e. The molecule has 30 heavy (non-hydrogen) atoms. The molecular formula is C21H17F3N2O3S. The van der Waals surface area contributed by atoms with Crippen LogP contribution in [0.5, 0.6) is 0 Å². The minimum absolute atomic E-state index is 0.0000619. The predicted octanol–water partition coefficient (Wildman–Crippen LogP) is 4.78. The Kier molecular flexibility index (Phi) is 5.84. The average Bonchev–Trinajstić information content (AvgIpc) is 2.73. The van der Waals surface area contributed by atoms with Crippen LogP contribution in [0, 0.1) is 0 Å². The van der Waals surface area contributed by atoms with Gasteiger partial charge in [-0.2, -0.15) is 13.2 Å². The second kappa shape index (κ2) is 8.19. The number of benzene rings is 3. The van der Waals surface area contributed by atoms with Gasteiger partial charge in [-0.15, -0.1) is 0 Å². The maximum absolute atomic E-state index is 12.8. The molecule has 0 aliphatic carbocycles. The molecule has 0 aliphatic rings. The highest BCUT2D eigenvalue weighted by Gasteiger charge is 2.30. The number of para-hydroxylation sites is 1. The number of anilines is 2. The molecule has 3 rings (SSSR count). The zero-order valence-electron chi connectivity index (χ0n) is 15.7. The first-order chi connectivity index (χ1) is 14.1. The number of halogens is 3. The Labute approximate surface area is 171 Å². The van der Waals surface area contributed by atoms with E-state index in [0.717, 1.165) is 28.6 Å². The topological polar surface area (TPSA) is 66.5 Å². The van der Waals surface area contributed by atoms with Gasteiger partial charge in [-0.1, -0.05) is 18.2 Å². The first-order valence-corrected chi connectivity index (χ1v) is 10.2. The zero-order chi connectivity index (χ0) is 21.9. The first-order valence-electron chi connectivity index (χ1n) is 8.72. The van der Waals surface area contributed by atoms with Crippen molar-refractivity contribution in [1.82, 2.24) is 0 Å². The van der Waals surface area contributed by atoms with Crippen LogP contribution in [-0.2, 0) is 16.2 Å². The Morgan fingerprint density at radius 1 is 0.867 bits per heavy atom. The third kappa shape index (κ3) is 4.62. The molecule has 0 aromatic heterocycles. The minimum Gasteiger partial charge on any atom is -0.322 e. The number of carbonyl (C=O) groups is 1. The van der Waals surface area contributed by atoms with E-state index >= 15 is 0 Å². The Morgan fingerprint density at radius 2 is 1.43 bits per heavy atom. The molecule has 1 N–H and O–H groups in total. The van der Waals surface area contributed by atoms with Crippen LogP contribution in [0.3, 0.4) is 0 Å². The van der Waals surface area contributed by atoms with Gasteiger partial charge < -0.3 is 5.32 Å². The van der Waals surface area contributed by atoms with Crippen LogP contribution < -0.4 is 9.62 Å². The van der Waals surface area contributed by atoms with Crippen LogP contribution in [0.15, 0.2) is 83.8 Å². The van der Waals surface area contributed by atoms with E-state index in [4.69, 9.17) is 0 Å². The maximum atomic E-state index is 12.8. The molecule has 3 aromatic carbocycles. The molecule has 0 heterocycles. The molecule has 1 amide bonds. The normalized spacial score (nSPS) is 11.7. The van der Waals surface area contributed by atoms with Gasteiger partial charge in [0.1, 0.15) is 0 Å². The fraction of sp³-hybridized carbons (Fsp3) is 0.0952. The van der Waals surface area contributed by atoms with Crippen LogP contribution in [0.2, 0.25) is 0 Å². The Balaban J connectivity index is 1.74. The third-order valence-electron chi connectivity index (χ3n) is 4.36. The number of alkyl halides is 3. The number of sulfonamides is 1. The van der Waals surface area contributed by atoms with Gasteiger partial charge in [0.25, 0.3) is 15.9 Å². The number of nitrogens with one attached hydrogen (secondary N) is 1. The van der Waals surface area contributed by atoms with Crippen molar-refractivity contribution >= 4 is 27.3 Å². The summed E-state index contributed by atoms with van der Waals surface area (Å²) in [5.74, 6) is -0.574. The second-order valence-corrected chi connectivity index (χ2v) is 8.33. The number of rotatable bonds is 5. The highest BCUT2D eigenvalue weighted by Crippen LogP contribution is 2.30. The third-order valence-corrected chi connectivity index (χ3v) is 6.16. The Bertz CT molecular complexity index is 1130. The summed E-state index contributed by atoms with van der Waals surface area (Å²) < 4.78 is 64.5. The summed E-state index contributed by atoms with van der Waals surface area (Å²) in [6.45, 7) is 0. The SMILES string of the molecule is CN(c1ccccc1)S(=O)(=O)c1ccc(C(=O)Nc2ccc(C(F)(F)F)cc2)cc1. The largest absolute Gasteiger partial charge is 0.416 e. The Hall–Kier alpha value is -3.33. The van der Waals surface area contributed by atoms with Gasteiger partial charge in [0, 0.05) is 18.3 Å². The molecule has 3 aromatic rings. The zero-order valence-corrected chi connectivity index (χ0v) is 16.5. The number of amides is 1. The fourth-order valence-corrected chi connectivity index (χ4v) is 3.85. The van der Waals surface area contributed by atoms with Crippen molar-refractivity contribution in [2.75, 3.05) is 16.7 Å². The molecule has 5 nitrogen and oxygen atoms in total. The first kappa shape index (κ1) is 21.4. The van der Waals surface area contributed by atoms with Crippen LogP contribution in [0.1, 0.15) is 15.9 Å². The highest BCUT2D eigenvalue weighted by molar-refractivity contribution is 7.92. The number of carbonyl (C=O) groups excluding carboxylic acids is 1. The van der Waals surface area contributed by atoms with E-state index in [1.807, 2.05) is 0 Å². The standard InChI is InChI=1S/C21H17F3N2O3S/c1-26(18-5-3-2-4-6-18)30(28,29)19-13-7-15(8-14-19)20(27)25-17-11-9-16(10-12-17)21(22,23)24/h2-14H,1H3,(H,25,27). The molecule has 0 aliphatic heterocycles. The van der Waals surface area contributed by atoms with Gasteiger partial charge in [-0.05, 0) is 60.7 Å². The van der Waals surface area contributed by atoms with Crippen molar-refractivity contribution in [3.8, 4) is 0 Å². The molecule has 0 atom stereocenters. The van der Waals surface area contributed by atoms with Gasteiger partial charge >= 0.3 is 6.18 Å². The molecule has 0 fully saturated rings. The smallest absolute Gasteiger partial charge is 0.322 e. The van der Waals surface area contributed by atoms with E-state index in [9.17, 15) is 26.4 Å². The summed E-state index contributed by atoms with van der Waals surface area (Å²) in [5.41, 5.74) is 0.0175. The molecule has 0 unspecified atom stereocenters. The lowest BCUT2D eigenvalue weighted by Crippen LogP contribution is -2.26. The fourth-order valence-electron chi connectivity index (χ4n) is 2.66. The van der Waals surface area contributed by atoms with Gasteiger partial charge in [-0.3, -0.25) is 9.10 Å². The van der Waals surface area contributed by atoms with Gasteiger partial charge in [0.05, 0.1) is 16.1 Å². The van der Waals surface area contributed by atoms with Crippen molar-refractivity contribution in [2.24, 2.45) is 0 Å². The van der Waals surface area contributed by atoms with Crippen molar-refractivity contribution < 1.29 is 26.4 Å². The van der Waals surface area contributed by atoms with Crippen molar-refractivity contribution in [2.45, 2.75) is 11.1 Å². The van der Waals surface area contributed by atoms with E-state index in [0.29, 0.717) is 5.69 Å².